The molecule has 122 valence electrons. The maximum absolute atomic E-state index is 12.2. The standard InChI is InChI=1S/C17H21N3O2S/c21-16(19-12-17(22)5-9-23-10-6-17)15-3-1-14(2-4-15)11-20-8-7-18-13-20/h1-4,7-8,13,22H,5-6,9-12H2,(H,19,21). The average molecular weight is 331 g/mol. The lowest BCUT2D eigenvalue weighted by Crippen LogP contribution is -2.45. The number of benzene rings is 1. The molecule has 0 aliphatic carbocycles. The van der Waals surface area contributed by atoms with E-state index in [0.29, 0.717) is 12.1 Å². The van der Waals surface area contributed by atoms with Crippen LogP contribution >= 0.6 is 11.8 Å². The van der Waals surface area contributed by atoms with Crippen LogP contribution in [0, 0.1) is 0 Å². The summed E-state index contributed by atoms with van der Waals surface area (Å²) in [5, 5.41) is 13.3. The number of imidazole rings is 1. The smallest absolute Gasteiger partial charge is 0.251 e. The van der Waals surface area contributed by atoms with E-state index in [4.69, 9.17) is 0 Å². The molecule has 6 heteroatoms. The number of hydrogen-bond donors (Lipinski definition) is 2. The van der Waals surface area contributed by atoms with Gasteiger partial charge in [-0.1, -0.05) is 12.1 Å². The van der Waals surface area contributed by atoms with E-state index in [0.717, 1.165) is 36.5 Å². The van der Waals surface area contributed by atoms with Gasteiger partial charge in [-0.2, -0.15) is 11.8 Å². The average Bonchev–Trinajstić information content (AvgIpc) is 3.07. The van der Waals surface area contributed by atoms with E-state index >= 15 is 0 Å². The van der Waals surface area contributed by atoms with Crippen molar-refractivity contribution in [3.8, 4) is 0 Å². The Labute approximate surface area is 140 Å². The normalized spacial score (nSPS) is 16.9. The molecule has 3 rings (SSSR count). The summed E-state index contributed by atoms with van der Waals surface area (Å²) < 4.78 is 1.98. The molecule has 2 N–H and O–H groups in total. The molecule has 1 fully saturated rings. The van der Waals surface area contributed by atoms with Crippen molar-refractivity contribution in [1.29, 1.82) is 0 Å². The van der Waals surface area contributed by atoms with Gasteiger partial charge in [0.05, 0.1) is 11.9 Å². The van der Waals surface area contributed by atoms with Crippen molar-refractivity contribution in [2.75, 3.05) is 18.1 Å². The van der Waals surface area contributed by atoms with Crippen LogP contribution in [0.1, 0.15) is 28.8 Å². The zero-order valence-corrected chi connectivity index (χ0v) is 13.8. The van der Waals surface area contributed by atoms with Gasteiger partial charge >= 0.3 is 0 Å². The van der Waals surface area contributed by atoms with E-state index in [2.05, 4.69) is 10.3 Å². The van der Waals surface area contributed by atoms with Gasteiger partial charge in [0.1, 0.15) is 0 Å². The molecular formula is C17H21N3O2S. The van der Waals surface area contributed by atoms with Crippen LogP contribution in [0.3, 0.4) is 0 Å². The van der Waals surface area contributed by atoms with E-state index in [9.17, 15) is 9.90 Å². The molecule has 23 heavy (non-hydrogen) atoms. The third-order valence-corrected chi connectivity index (χ3v) is 5.13. The summed E-state index contributed by atoms with van der Waals surface area (Å²) in [7, 11) is 0. The van der Waals surface area contributed by atoms with Gasteiger partial charge in [0.15, 0.2) is 0 Å². The molecular weight excluding hydrogens is 310 g/mol. The van der Waals surface area contributed by atoms with Crippen molar-refractivity contribution in [2.24, 2.45) is 0 Å². The van der Waals surface area contributed by atoms with Gasteiger partial charge < -0.3 is 15.0 Å². The Hall–Kier alpha value is -1.79. The number of thioether (sulfide) groups is 1. The van der Waals surface area contributed by atoms with E-state index in [1.807, 2.05) is 46.8 Å². The third kappa shape index (κ3) is 4.36. The largest absolute Gasteiger partial charge is 0.388 e. The van der Waals surface area contributed by atoms with E-state index < -0.39 is 5.60 Å². The van der Waals surface area contributed by atoms with Crippen LogP contribution in [0.15, 0.2) is 43.0 Å². The minimum atomic E-state index is -0.748. The van der Waals surface area contributed by atoms with Crippen LogP contribution in [-0.4, -0.2) is 44.2 Å². The number of hydrogen-bond acceptors (Lipinski definition) is 4. The molecule has 1 aliphatic rings. The fourth-order valence-corrected chi connectivity index (χ4v) is 3.88. The zero-order valence-electron chi connectivity index (χ0n) is 12.9. The molecule has 1 amide bonds. The van der Waals surface area contributed by atoms with Gasteiger partial charge in [0, 0.05) is 31.0 Å². The number of carbonyl (C=O) groups excluding carboxylic acids is 1. The summed E-state index contributed by atoms with van der Waals surface area (Å²) >= 11 is 1.85. The molecule has 1 saturated heterocycles. The van der Waals surface area contributed by atoms with Crippen LogP contribution in [0.5, 0.6) is 0 Å². The van der Waals surface area contributed by atoms with Gasteiger partial charge in [0.2, 0.25) is 0 Å². The minimum absolute atomic E-state index is 0.133. The summed E-state index contributed by atoms with van der Waals surface area (Å²) in [6, 6.07) is 7.53. The second-order valence-electron chi connectivity index (χ2n) is 5.95. The van der Waals surface area contributed by atoms with Crippen LogP contribution in [0.2, 0.25) is 0 Å². The Kier molecular flexibility index (Phi) is 5.03. The number of aromatic nitrogens is 2. The van der Waals surface area contributed by atoms with Gasteiger partial charge in [-0.25, -0.2) is 4.98 Å². The van der Waals surface area contributed by atoms with E-state index in [1.54, 1.807) is 12.5 Å². The first-order chi connectivity index (χ1) is 11.1. The molecule has 1 aliphatic heterocycles. The Balaban J connectivity index is 1.55. The Morgan fingerprint density at radius 2 is 2.04 bits per heavy atom. The highest BCUT2D eigenvalue weighted by Gasteiger charge is 2.29. The number of carbonyl (C=O) groups is 1. The first-order valence-electron chi connectivity index (χ1n) is 7.78. The van der Waals surface area contributed by atoms with E-state index in [-0.39, 0.29) is 5.91 Å². The lowest BCUT2D eigenvalue weighted by Gasteiger charge is -2.31. The summed E-state index contributed by atoms with van der Waals surface area (Å²) in [5.74, 6) is 1.77. The second kappa shape index (κ2) is 7.19. The maximum Gasteiger partial charge on any atom is 0.251 e. The quantitative estimate of drug-likeness (QED) is 0.878. The highest BCUT2D eigenvalue weighted by Crippen LogP contribution is 2.26. The Morgan fingerprint density at radius 1 is 1.30 bits per heavy atom. The highest BCUT2D eigenvalue weighted by atomic mass is 32.2. The minimum Gasteiger partial charge on any atom is -0.388 e. The van der Waals surface area contributed by atoms with Crippen molar-refractivity contribution in [2.45, 2.75) is 25.0 Å². The summed E-state index contributed by atoms with van der Waals surface area (Å²) in [6.07, 6.45) is 6.90. The SMILES string of the molecule is O=C(NCC1(O)CCSCC1)c1ccc(Cn2ccnc2)cc1. The van der Waals surface area contributed by atoms with Crippen molar-refractivity contribution >= 4 is 17.7 Å². The van der Waals surface area contributed by atoms with Crippen LogP contribution in [0.4, 0.5) is 0 Å². The first kappa shape index (κ1) is 16.1. The third-order valence-electron chi connectivity index (χ3n) is 4.14. The van der Waals surface area contributed by atoms with E-state index in [1.165, 1.54) is 0 Å². The summed E-state index contributed by atoms with van der Waals surface area (Å²) in [5.41, 5.74) is 0.984. The zero-order chi connectivity index (χ0) is 16.1. The lowest BCUT2D eigenvalue weighted by atomic mass is 9.97. The van der Waals surface area contributed by atoms with Crippen molar-refractivity contribution in [3.63, 3.8) is 0 Å². The highest BCUT2D eigenvalue weighted by molar-refractivity contribution is 7.99. The van der Waals surface area contributed by atoms with Gasteiger partial charge in [0.25, 0.3) is 5.91 Å². The molecule has 0 radical (unpaired) electrons. The molecule has 1 aromatic heterocycles. The van der Waals surface area contributed by atoms with Gasteiger partial charge in [-0.3, -0.25) is 4.79 Å². The van der Waals surface area contributed by atoms with Crippen LogP contribution in [0.25, 0.3) is 0 Å². The first-order valence-corrected chi connectivity index (χ1v) is 8.93. The summed E-state index contributed by atoms with van der Waals surface area (Å²) in [4.78, 5) is 16.2. The number of rotatable bonds is 5. The molecule has 2 aromatic rings. The Bertz CT molecular complexity index is 634. The predicted octanol–water partition coefficient (Wildman–Crippen LogP) is 1.92. The molecule has 2 heterocycles. The fraction of sp³-hybridized carbons (Fsp3) is 0.412. The molecule has 0 spiro atoms. The number of nitrogens with one attached hydrogen (secondary N) is 1. The molecule has 0 saturated carbocycles. The number of nitrogens with zero attached hydrogens (tertiary/aromatic N) is 2. The topological polar surface area (TPSA) is 67.2 Å². The number of aliphatic hydroxyl groups is 1. The number of amides is 1. The fourth-order valence-electron chi connectivity index (χ4n) is 2.63. The van der Waals surface area contributed by atoms with Gasteiger partial charge in [-0.05, 0) is 42.0 Å². The lowest BCUT2D eigenvalue weighted by molar-refractivity contribution is 0.0311. The molecule has 5 nitrogen and oxygen atoms in total. The van der Waals surface area contributed by atoms with Gasteiger partial charge in [-0.15, -0.1) is 0 Å². The van der Waals surface area contributed by atoms with Crippen LogP contribution < -0.4 is 5.32 Å². The Morgan fingerprint density at radius 3 is 2.70 bits per heavy atom. The molecule has 1 aromatic carbocycles. The molecule has 0 unspecified atom stereocenters. The molecule has 0 bridgehead atoms. The van der Waals surface area contributed by atoms with Crippen molar-refractivity contribution in [1.82, 2.24) is 14.9 Å². The maximum atomic E-state index is 12.2. The molecule has 0 atom stereocenters. The van der Waals surface area contributed by atoms with Crippen LogP contribution in [-0.2, 0) is 6.54 Å². The van der Waals surface area contributed by atoms with Crippen molar-refractivity contribution < 1.29 is 9.90 Å². The summed E-state index contributed by atoms with van der Waals surface area (Å²) in [6.45, 7) is 1.06. The van der Waals surface area contributed by atoms with Crippen molar-refractivity contribution in [3.05, 3.63) is 54.1 Å². The monoisotopic (exact) mass is 331 g/mol. The predicted molar refractivity (Wildman–Crippen MR) is 91.6 cm³/mol. The second-order valence-corrected chi connectivity index (χ2v) is 7.18.